The molecule has 8 heteroatoms. The molecule has 0 bridgehead atoms. The molecule has 120 valence electrons. The number of ether oxygens (including phenoxy) is 2. The predicted octanol–water partition coefficient (Wildman–Crippen LogP) is 2.50. The zero-order valence-electron chi connectivity index (χ0n) is 12.0. The number of carbonyl (C=O) groups is 1. The van der Waals surface area contributed by atoms with Crippen molar-refractivity contribution in [3.8, 4) is 11.5 Å². The average Bonchev–Trinajstić information content (AvgIpc) is 2.93. The molecule has 1 aliphatic rings. The first-order valence-corrected chi connectivity index (χ1v) is 8.46. The number of nitrogens with one attached hydrogen (secondary N) is 1. The Morgan fingerprint density at radius 1 is 1.13 bits per heavy atom. The summed E-state index contributed by atoms with van der Waals surface area (Å²) in [6.45, 7) is 1.71. The molecule has 0 fully saturated rings. The highest BCUT2D eigenvalue weighted by Crippen LogP contribution is 2.33. The Balaban J connectivity index is 1.87. The van der Waals surface area contributed by atoms with Gasteiger partial charge in [0.15, 0.2) is 11.5 Å². The Bertz CT molecular complexity index is 895. The SMILES string of the molecule is Cc1cc(Cl)ccc1C(=O)NS(=O)(=O)c1ccc2c(c1)OCO2. The second kappa shape index (κ2) is 5.75. The Hall–Kier alpha value is -2.25. The van der Waals surface area contributed by atoms with Gasteiger partial charge < -0.3 is 9.47 Å². The summed E-state index contributed by atoms with van der Waals surface area (Å²) < 4.78 is 37.0. The van der Waals surface area contributed by atoms with Crippen molar-refractivity contribution in [2.75, 3.05) is 6.79 Å². The van der Waals surface area contributed by atoms with E-state index in [1.54, 1.807) is 13.0 Å². The molecule has 0 radical (unpaired) electrons. The van der Waals surface area contributed by atoms with Gasteiger partial charge in [0, 0.05) is 16.7 Å². The Labute approximate surface area is 138 Å². The summed E-state index contributed by atoms with van der Waals surface area (Å²) in [4.78, 5) is 12.1. The smallest absolute Gasteiger partial charge is 0.265 e. The Morgan fingerprint density at radius 3 is 2.61 bits per heavy atom. The molecule has 1 aliphatic heterocycles. The van der Waals surface area contributed by atoms with Crippen molar-refractivity contribution in [2.24, 2.45) is 0 Å². The molecule has 1 heterocycles. The van der Waals surface area contributed by atoms with Gasteiger partial charge in [0.05, 0.1) is 4.90 Å². The molecular formula is C15H12ClNO5S. The second-order valence-corrected chi connectivity index (χ2v) is 7.03. The number of carbonyl (C=O) groups excluding carboxylic acids is 1. The molecular weight excluding hydrogens is 342 g/mol. The van der Waals surface area contributed by atoms with Crippen LogP contribution in [-0.4, -0.2) is 21.1 Å². The number of hydrogen-bond acceptors (Lipinski definition) is 5. The van der Waals surface area contributed by atoms with E-state index in [2.05, 4.69) is 0 Å². The fourth-order valence-electron chi connectivity index (χ4n) is 2.16. The average molecular weight is 354 g/mol. The van der Waals surface area contributed by atoms with Gasteiger partial charge in [-0.15, -0.1) is 0 Å². The van der Waals surface area contributed by atoms with Crippen molar-refractivity contribution in [2.45, 2.75) is 11.8 Å². The van der Waals surface area contributed by atoms with E-state index in [9.17, 15) is 13.2 Å². The fraction of sp³-hybridized carbons (Fsp3) is 0.133. The van der Waals surface area contributed by atoms with Crippen molar-refractivity contribution >= 4 is 27.5 Å². The third-order valence-corrected chi connectivity index (χ3v) is 4.88. The van der Waals surface area contributed by atoms with E-state index in [-0.39, 0.29) is 17.3 Å². The molecule has 0 spiro atoms. The van der Waals surface area contributed by atoms with Gasteiger partial charge in [-0.05, 0) is 42.8 Å². The number of fused-ring (bicyclic) bond motifs is 1. The highest BCUT2D eigenvalue weighted by molar-refractivity contribution is 7.90. The van der Waals surface area contributed by atoms with Gasteiger partial charge in [-0.2, -0.15) is 0 Å². The number of rotatable bonds is 3. The van der Waals surface area contributed by atoms with Crippen LogP contribution in [0.4, 0.5) is 0 Å². The molecule has 0 saturated heterocycles. The van der Waals surface area contributed by atoms with E-state index in [4.69, 9.17) is 21.1 Å². The van der Waals surface area contributed by atoms with Crippen molar-refractivity contribution in [1.29, 1.82) is 0 Å². The summed E-state index contributed by atoms with van der Waals surface area (Å²) in [5.74, 6) is 0.0589. The van der Waals surface area contributed by atoms with E-state index >= 15 is 0 Å². The topological polar surface area (TPSA) is 81.7 Å². The summed E-state index contributed by atoms with van der Waals surface area (Å²) in [6, 6.07) is 8.72. The van der Waals surface area contributed by atoms with Crippen LogP contribution in [0.2, 0.25) is 5.02 Å². The van der Waals surface area contributed by atoms with Crippen LogP contribution >= 0.6 is 11.6 Å². The molecule has 1 amide bonds. The van der Waals surface area contributed by atoms with Gasteiger partial charge in [0.2, 0.25) is 6.79 Å². The first-order chi connectivity index (χ1) is 10.9. The Kier molecular flexibility index (Phi) is 3.91. The number of benzene rings is 2. The molecule has 0 saturated carbocycles. The molecule has 0 atom stereocenters. The monoisotopic (exact) mass is 353 g/mol. The van der Waals surface area contributed by atoms with Gasteiger partial charge in [0.25, 0.3) is 15.9 Å². The maximum absolute atomic E-state index is 12.3. The lowest BCUT2D eigenvalue weighted by atomic mass is 10.1. The van der Waals surface area contributed by atoms with E-state index in [0.717, 1.165) is 0 Å². The third kappa shape index (κ3) is 3.11. The Morgan fingerprint density at radius 2 is 1.87 bits per heavy atom. The molecule has 23 heavy (non-hydrogen) atoms. The van der Waals surface area contributed by atoms with Crippen molar-refractivity contribution in [3.05, 3.63) is 52.5 Å². The van der Waals surface area contributed by atoms with E-state index in [1.807, 2.05) is 4.72 Å². The number of aryl methyl sites for hydroxylation is 1. The van der Waals surface area contributed by atoms with Gasteiger partial charge in [-0.25, -0.2) is 13.1 Å². The van der Waals surface area contributed by atoms with Crippen LogP contribution in [0.5, 0.6) is 11.5 Å². The standard InChI is InChI=1S/C15H12ClNO5S/c1-9-6-10(16)2-4-12(9)15(18)17-23(19,20)11-3-5-13-14(7-11)22-8-21-13/h2-7H,8H2,1H3,(H,17,18). The number of halogens is 1. The summed E-state index contributed by atoms with van der Waals surface area (Å²) in [5.41, 5.74) is 0.814. The predicted molar refractivity (Wildman–Crippen MR) is 83.4 cm³/mol. The fourth-order valence-corrected chi connectivity index (χ4v) is 3.37. The number of hydrogen-bond donors (Lipinski definition) is 1. The van der Waals surface area contributed by atoms with Crippen LogP contribution in [0.15, 0.2) is 41.3 Å². The van der Waals surface area contributed by atoms with E-state index < -0.39 is 15.9 Å². The van der Waals surface area contributed by atoms with Crippen LogP contribution in [0.25, 0.3) is 0 Å². The lowest BCUT2D eigenvalue weighted by molar-refractivity contribution is 0.0981. The zero-order chi connectivity index (χ0) is 16.6. The molecule has 0 aliphatic carbocycles. The highest BCUT2D eigenvalue weighted by Gasteiger charge is 2.23. The number of sulfonamides is 1. The molecule has 2 aromatic carbocycles. The zero-order valence-corrected chi connectivity index (χ0v) is 13.6. The van der Waals surface area contributed by atoms with Gasteiger partial charge in [-0.3, -0.25) is 4.79 Å². The van der Waals surface area contributed by atoms with Crippen molar-refractivity contribution in [3.63, 3.8) is 0 Å². The molecule has 0 unspecified atom stereocenters. The van der Waals surface area contributed by atoms with Crippen LogP contribution < -0.4 is 14.2 Å². The largest absolute Gasteiger partial charge is 0.454 e. The normalized spacial score (nSPS) is 13.0. The summed E-state index contributed by atoms with van der Waals surface area (Å²) in [5, 5.41) is 0.470. The minimum atomic E-state index is -4.02. The summed E-state index contributed by atoms with van der Waals surface area (Å²) in [7, 11) is -4.02. The maximum Gasteiger partial charge on any atom is 0.265 e. The van der Waals surface area contributed by atoms with Gasteiger partial charge in [-0.1, -0.05) is 11.6 Å². The molecule has 0 aromatic heterocycles. The van der Waals surface area contributed by atoms with Crippen molar-refractivity contribution < 1.29 is 22.7 Å². The lowest BCUT2D eigenvalue weighted by Crippen LogP contribution is -2.31. The molecule has 1 N–H and O–H groups in total. The van der Waals surface area contributed by atoms with Crippen LogP contribution in [0.1, 0.15) is 15.9 Å². The second-order valence-electron chi connectivity index (χ2n) is 4.91. The van der Waals surface area contributed by atoms with Gasteiger partial charge in [0.1, 0.15) is 0 Å². The van der Waals surface area contributed by atoms with Crippen LogP contribution in [0.3, 0.4) is 0 Å². The number of amides is 1. The quantitative estimate of drug-likeness (QED) is 0.916. The minimum Gasteiger partial charge on any atom is -0.454 e. The maximum atomic E-state index is 12.3. The third-order valence-electron chi connectivity index (χ3n) is 3.31. The first kappa shape index (κ1) is 15.6. The summed E-state index contributed by atoms with van der Waals surface area (Å²) in [6.07, 6.45) is 0. The van der Waals surface area contributed by atoms with E-state index in [0.29, 0.717) is 22.1 Å². The van der Waals surface area contributed by atoms with E-state index in [1.165, 1.54) is 30.3 Å². The molecule has 2 aromatic rings. The first-order valence-electron chi connectivity index (χ1n) is 6.60. The van der Waals surface area contributed by atoms with Gasteiger partial charge >= 0.3 is 0 Å². The highest BCUT2D eigenvalue weighted by atomic mass is 35.5. The molecule has 3 rings (SSSR count). The molecule has 6 nitrogen and oxygen atoms in total. The summed E-state index contributed by atoms with van der Waals surface area (Å²) >= 11 is 5.83. The van der Waals surface area contributed by atoms with Crippen LogP contribution in [0, 0.1) is 6.92 Å². The van der Waals surface area contributed by atoms with Crippen molar-refractivity contribution in [1.82, 2.24) is 4.72 Å². The lowest BCUT2D eigenvalue weighted by Gasteiger charge is -2.09. The minimum absolute atomic E-state index is 0.0369. The van der Waals surface area contributed by atoms with Crippen LogP contribution in [-0.2, 0) is 10.0 Å².